The third-order valence-corrected chi connectivity index (χ3v) is 2.64. The van der Waals surface area contributed by atoms with Gasteiger partial charge in [0.05, 0.1) is 0 Å². The third-order valence-electron chi connectivity index (χ3n) is 2.64. The second kappa shape index (κ2) is 6.05. The Hall–Kier alpha value is -1.64. The summed E-state index contributed by atoms with van der Waals surface area (Å²) in [4.78, 5) is 22.5. The van der Waals surface area contributed by atoms with Gasteiger partial charge in [-0.15, -0.1) is 0 Å². The summed E-state index contributed by atoms with van der Waals surface area (Å²) in [6, 6.07) is 8.92. The van der Waals surface area contributed by atoms with Gasteiger partial charge in [-0.1, -0.05) is 32.0 Å². The molecule has 0 radical (unpaired) electrons. The lowest BCUT2D eigenvalue weighted by Gasteiger charge is -2.19. The molecule has 0 aliphatic heterocycles. The highest BCUT2D eigenvalue weighted by molar-refractivity contribution is 5.94. The van der Waals surface area contributed by atoms with Crippen LogP contribution in [0, 0.1) is 5.92 Å². The average Bonchev–Trinajstić information content (AvgIpc) is 2.35. The van der Waals surface area contributed by atoms with Crippen molar-refractivity contribution in [1.82, 2.24) is 5.32 Å². The van der Waals surface area contributed by atoms with E-state index in [2.05, 4.69) is 5.32 Å². The fourth-order valence-corrected chi connectivity index (χ4v) is 1.54. The summed E-state index contributed by atoms with van der Waals surface area (Å²) in [5.41, 5.74) is 0.624. The molecule has 0 saturated carbocycles. The van der Waals surface area contributed by atoms with Crippen LogP contribution in [0.25, 0.3) is 0 Å². The number of benzene rings is 1. The highest BCUT2D eigenvalue weighted by atomic mass is 16.1. The zero-order valence-electron chi connectivity index (χ0n) is 9.64. The Morgan fingerprint density at radius 1 is 1.38 bits per heavy atom. The van der Waals surface area contributed by atoms with E-state index in [0.717, 1.165) is 12.7 Å². The first-order valence-corrected chi connectivity index (χ1v) is 5.50. The van der Waals surface area contributed by atoms with Crippen LogP contribution in [0.4, 0.5) is 0 Å². The van der Waals surface area contributed by atoms with Crippen LogP contribution >= 0.6 is 0 Å². The molecule has 3 nitrogen and oxygen atoms in total. The molecular formula is C13H17NO2. The first-order chi connectivity index (χ1) is 7.69. The van der Waals surface area contributed by atoms with Gasteiger partial charge in [0.1, 0.15) is 6.29 Å². The summed E-state index contributed by atoms with van der Waals surface area (Å²) in [7, 11) is 0. The van der Waals surface area contributed by atoms with E-state index in [4.69, 9.17) is 0 Å². The fourth-order valence-electron chi connectivity index (χ4n) is 1.54. The van der Waals surface area contributed by atoms with Crippen molar-refractivity contribution in [3.8, 4) is 0 Å². The van der Waals surface area contributed by atoms with Crippen LogP contribution in [0.5, 0.6) is 0 Å². The van der Waals surface area contributed by atoms with Crippen LogP contribution in [0.15, 0.2) is 30.3 Å². The van der Waals surface area contributed by atoms with Gasteiger partial charge < -0.3 is 10.1 Å². The van der Waals surface area contributed by atoms with Gasteiger partial charge in [0.15, 0.2) is 0 Å². The zero-order valence-corrected chi connectivity index (χ0v) is 9.64. The van der Waals surface area contributed by atoms with Gasteiger partial charge in [-0.3, -0.25) is 4.79 Å². The third kappa shape index (κ3) is 3.19. The largest absolute Gasteiger partial charge is 0.349 e. The molecule has 0 bridgehead atoms. The minimum atomic E-state index is -0.155. The highest BCUT2D eigenvalue weighted by Gasteiger charge is 2.17. The summed E-state index contributed by atoms with van der Waals surface area (Å²) >= 11 is 0. The van der Waals surface area contributed by atoms with Gasteiger partial charge in [0.25, 0.3) is 5.91 Å². The molecule has 0 aliphatic carbocycles. The van der Waals surface area contributed by atoms with Crippen molar-refractivity contribution in [1.29, 1.82) is 0 Å². The molecule has 16 heavy (non-hydrogen) atoms. The molecule has 1 aromatic rings. The number of aldehydes is 1. The van der Waals surface area contributed by atoms with Gasteiger partial charge in [-0.25, -0.2) is 0 Å². The van der Waals surface area contributed by atoms with E-state index in [9.17, 15) is 9.59 Å². The molecular weight excluding hydrogens is 202 g/mol. The van der Waals surface area contributed by atoms with E-state index in [1.54, 1.807) is 12.1 Å². The number of hydrogen-bond donors (Lipinski definition) is 1. The van der Waals surface area contributed by atoms with Gasteiger partial charge in [-0.05, 0) is 18.6 Å². The Labute approximate surface area is 95.9 Å². The smallest absolute Gasteiger partial charge is 0.251 e. The first-order valence-electron chi connectivity index (χ1n) is 5.50. The lowest BCUT2D eigenvalue weighted by molar-refractivity contribution is -0.111. The van der Waals surface area contributed by atoms with E-state index >= 15 is 0 Å². The summed E-state index contributed by atoms with van der Waals surface area (Å²) in [5, 5.41) is 2.86. The Kier molecular flexibility index (Phi) is 4.70. The first kappa shape index (κ1) is 12.4. The molecule has 0 spiro atoms. The number of hydrogen-bond acceptors (Lipinski definition) is 2. The number of rotatable bonds is 5. The molecule has 0 fully saturated rings. The SMILES string of the molecule is CC[C@@H](NC(=O)c1ccccc1)[C@@H](C)C=O. The summed E-state index contributed by atoms with van der Waals surface area (Å²) in [6.07, 6.45) is 1.62. The molecule has 0 heterocycles. The molecule has 1 N–H and O–H groups in total. The summed E-state index contributed by atoms with van der Waals surface area (Å²) in [6.45, 7) is 3.77. The van der Waals surface area contributed by atoms with Crippen LogP contribution < -0.4 is 5.32 Å². The van der Waals surface area contributed by atoms with Crippen LogP contribution in [0.3, 0.4) is 0 Å². The van der Waals surface area contributed by atoms with E-state index < -0.39 is 0 Å². The number of carbonyl (C=O) groups is 2. The Morgan fingerprint density at radius 3 is 2.50 bits per heavy atom. The van der Waals surface area contributed by atoms with Gasteiger partial charge in [-0.2, -0.15) is 0 Å². The van der Waals surface area contributed by atoms with Gasteiger partial charge in [0, 0.05) is 17.5 Å². The van der Waals surface area contributed by atoms with Crippen molar-refractivity contribution in [2.45, 2.75) is 26.3 Å². The number of nitrogens with one attached hydrogen (secondary N) is 1. The number of carbonyl (C=O) groups excluding carboxylic acids is 2. The van der Waals surface area contributed by atoms with Gasteiger partial charge >= 0.3 is 0 Å². The quantitative estimate of drug-likeness (QED) is 0.770. The van der Waals surface area contributed by atoms with Crippen LogP contribution in [0.1, 0.15) is 30.6 Å². The van der Waals surface area contributed by atoms with Crippen molar-refractivity contribution in [3.63, 3.8) is 0 Å². The molecule has 1 amide bonds. The molecule has 0 aromatic heterocycles. The van der Waals surface area contributed by atoms with Crippen LogP contribution in [0.2, 0.25) is 0 Å². The maximum Gasteiger partial charge on any atom is 0.251 e. The lowest BCUT2D eigenvalue weighted by Crippen LogP contribution is -2.39. The van der Waals surface area contributed by atoms with Crippen LogP contribution in [-0.2, 0) is 4.79 Å². The molecule has 86 valence electrons. The topological polar surface area (TPSA) is 46.2 Å². The minimum Gasteiger partial charge on any atom is -0.349 e. The Bertz CT molecular complexity index is 348. The second-order valence-corrected chi connectivity index (χ2v) is 3.85. The van der Waals surface area contributed by atoms with E-state index in [1.165, 1.54) is 0 Å². The highest BCUT2D eigenvalue weighted by Crippen LogP contribution is 2.06. The lowest BCUT2D eigenvalue weighted by atomic mass is 10.0. The molecule has 1 rings (SSSR count). The summed E-state index contributed by atoms with van der Waals surface area (Å²) in [5.74, 6) is -0.279. The van der Waals surface area contributed by atoms with E-state index in [-0.39, 0.29) is 17.9 Å². The molecule has 2 atom stereocenters. The fraction of sp³-hybridized carbons (Fsp3) is 0.385. The van der Waals surface area contributed by atoms with Crippen molar-refractivity contribution in [2.24, 2.45) is 5.92 Å². The standard InChI is InChI=1S/C13H17NO2/c1-3-12(10(2)9-15)14-13(16)11-7-5-4-6-8-11/h4-10,12H,3H2,1-2H3,(H,14,16)/t10-,12+/m0/s1. The Balaban J connectivity index is 2.66. The monoisotopic (exact) mass is 219 g/mol. The molecule has 0 saturated heterocycles. The van der Waals surface area contributed by atoms with Gasteiger partial charge in [0.2, 0.25) is 0 Å². The van der Waals surface area contributed by atoms with Crippen molar-refractivity contribution in [3.05, 3.63) is 35.9 Å². The van der Waals surface area contributed by atoms with Crippen molar-refractivity contribution >= 4 is 12.2 Å². The summed E-state index contributed by atoms with van der Waals surface area (Å²) < 4.78 is 0. The minimum absolute atomic E-state index is 0.0924. The van der Waals surface area contributed by atoms with Crippen LogP contribution in [-0.4, -0.2) is 18.2 Å². The predicted octanol–water partition coefficient (Wildman–Crippen LogP) is 2.03. The molecule has 0 aliphatic rings. The van der Waals surface area contributed by atoms with Crippen molar-refractivity contribution in [2.75, 3.05) is 0 Å². The average molecular weight is 219 g/mol. The predicted molar refractivity (Wildman–Crippen MR) is 63.2 cm³/mol. The zero-order chi connectivity index (χ0) is 12.0. The maximum absolute atomic E-state index is 11.8. The molecule has 1 aromatic carbocycles. The molecule has 0 unspecified atom stereocenters. The second-order valence-electron chi connectivity index (χ2n) is 3.85. The number of amides is 1. The van der Waals surface area contributed by atoms with Crippen molar-refractivity contribution < 1.29 is 9.59 Å². The maximum atomic E-state index is 11.8. The van der Waals surface area contributed by atoms with E-state index in [0.29, 0.717) is 5.56 Å². The Morgan fingerprint density at radius 2 is 2.00 bits per heavy atom. The van der Waals surface area contributed by atoms with E-state index in [1.807, 2.05) is 32.0 Å². The normalized spacial score (nSPS) is 13.9. The molecule has 3 heteroatoms.